The monoisotopic (exact) mass is 139 g/mol. The first-order chi connectivity index (χ1) is 5.91. The Morgan fingerprint density at radius 3 is 3.10 bits per heavy atom. The molecule has 1 atom stereocenters. The Kier molecular flexibility index (Phi) is 1.33. The molecular weight excluding hydrogens is 120 g/mol. The van der Waals surface area contributed by atoms with Crippen molar-refractivity contribution in [1.82, 2.24) is 0 Å². The Morgan fingerprint density at radius 2 is 2.70 bits per heavy atom. The van der Waals surface area contributed by atoms with Gasteiger partial charge in [-0.2, -0.15) is 0 Å². The van der Waals surface area contributed by atoms with Gasteiger partial charge in [0.05, 0.1) is 0 Å². The molecule has 1 rings (SSSR count). The largest absolute Gasteiger partial charge is 0.0998 e. The highest BCUT2D eigenvalue weighted by atomic mass is 14.2. The topological polar surface area (TPSA) is 0 Å². The minimum atomic E-state index is -1.87. The van der Waals surface area contributed by atoms with Crippen molar-refractivity contribution in [3.05, 3.63) is 23.8 Å². The van der Waals surface area contributed by atoms with Crippen molar-refractivity contribution in [2.24, 2.45) is 5.92 Å². The van der Waals surface area contributed by atoms with Crippen LogP contribution in [-0.2, 0) is 0 Å². The molecular formula is C10H16. The van der Waals surface area contributed by atoms with Crippen LogP contribution in [0.1, 0.15) is 37.2 Å². The minimum absolute atomic E-state index is 0.492. The number of hydrogen-bond donors (Lipinski definition) is 0. The van der Waals surface area contributed by atoms with Crippen LogP contribution in [0.2, 0.25) is 0 Å². The predicted molar refractivity (Wildman–Crippen MR) is 45.9 cm³/mol. The summed E-state index contributed by atoms with van der Waals surface area (Å²) in [5.74, 6) is 0.492. The third-order valence-corrected chi connectivity index (χ3v) is 2.11. The van der Waals surface area contributed by atoms with Crippen LogP contribution in [0.3, 0.4) is 0 Å². The fourth-order valence-electron chi connectivity index (χ4n) is 1.28. The van der Waals surface area contributed by atoms with Gasteiger partial charge in [-0.05, 0) is 39.0 Å². The Bertz CT molecular complexity index is 235. The summed E-state index contributed by atoms with van der Waals surface area (Å²) in [5.41, 5.74) is 1.80. The molecule has 0 nitrogen and oxygen atoms in total. The zero-order chi connectivity index (χ0) is 10.1. The van der Waals surface area contributed by atoms with Gasteiger partial charge in [0.2, 0.25) is 0 Å². The van der Waals surface area contributed by atoms with Gasteiger partial charge in [-0.3, -0.25) is 0 Å². The van der Waals surface area contributed by atoms with E-state index in [-0.39, 0.29) is 0 Å². The maximum Gasteiger partial charge on any atom is 0.0276 e. The van der Waals surface area contributed by atoms with E-state index in [0.29, 0.717) is 17.9 Å². The van der Waals surface area contributed by atoms with Gasteiger partial charge in [0, 0.05) is 4.11 Å². The zero-order valence-electron chi connectivity index (χ0n) is 9.48. The van der Waals surface area contributed by atoms with Crippen molar-refractivity contribution in [2.75, 3.05) is 0 Å². The van der Waals surface area contributed by atoms with Crippen molar-refractivity contribution in [3.63, 3.8) is 0 Å². The zero-order valence-corrected chi connectivity index (χ0v) is 6.48. The molecule has 0 radical (unpaired) electrons. The first-order valence-corrected chi connectivity index (χ1v) is 3.76. The standard InChI is InChI=1S/C10H16/c1-8(2)10-6-4-9(3)5-7-10/h4,10H,1,5-7H2,2-3H3/i3D3. The molecule has 0 aromatic carbocycles. The Hall–Kier alpha value is -0.520. The fourth-order valence-corrected chi connectivity index (χ4v) is 1.28. The molecule has 0 amide bonds. The SMILES string of the molecule is [2H]C([2H])([2H])C1=CCC(C(=C)C)CC1. The highest BCUT2D eigenvalue weighted by molar-refractivity contribution is 5.09. The molecule has 1 unspecified atom stereocenters. The lowest BCUT2D eigenvalue weighted by Gasteiger charge is -2.19. The summed E-state index contributed by atoms with van der Waals surface area (Å²) in [4.78, 5) is 0. The molecule has 0 N–H and O–H groups in total. The van der Waals surface area contributed by atoms with E-state index in [1.54, 1.807) is 0 Å². The summed E-state index contributed by atoms with van der Waals surface area (Å²) in [7, 11) is 0. The van der Waals surface area contributed by atoms with Crippen LogP contribution < -0.4 is 0 Å². The molecule has 0 fully saturated rings. The van der Waals surface area contributed by atoms with Gasteiger partial charge in [-0.25, -0.2) is 0 Å². The molecule has 0 aromatic heterocycles. The van der Waals surface area contributed by atoms with E-state index < -0.39 is 6.85 Å². The second kappa shape index (κ2) is 3.05. The highest BCUT2D eigenvalue weighted by Crippen LogP contribution is 2.27. The Labute approximate surface area is 67.9 Å². The molecule has 0 aliphatic heterocycles. The summed E-state index contributed by atoms with van der Waals surface area (Å²) in [6.07, 6.45) is 4.37. The Morgan fingerprint density at radius 1 is 1.90 bits per heavy atom. The summed E-state index contributed by atoms with van der Waals surface area (Å²) in [5, 5.41) is 0. The van der Waals surface area contributed by atoms with Crippen molar-refractivity contribution < 1.29 is 4.11 Å². The van der Waals surface area contributed by atoms with Crippen LogP contribution in [0.25, 0.3) is 0 Å². The molecule has 0 saturated heterocycles. The predicted octanol–water partition coefficient (Wildman–Crippen LogP) is 3.31. The fraction of sp³-hybridized carbons (Fsp3) is 0.600. The molecule has 0 heteroatoms. The first-order valence-electron chi connectivity index (χ1n) is 5.26. The van der Waals surface area contributed by atoms with Gasteiger partial charge in [0.25, 0.3) is 0 Å². The van der Waals surface area contributed by atoms with Gasteiger partial charge in [-0.1, -0.05) is 23.8 Å². The van der Waals surface area contributed by atoms with Crippen molar-refractivity contribution in [3.8, 4) is 0 Å². The van der Waals surface area contributed by atoms with Gasteiger partial charge >= 0.3 is 0 Å². The van der Waals surface area contributed by atoms with Crippen LogP contribution in [0, 0.1) is 5.92 Å². The van der Waals surface area contributed by atoms with Crippen LogP contribution >= 0.6 is 0 Å². The van der Waals surface area contributed by atoms with E-state index in [4.69, 9.17) is 4.11 Å². The number of allylic oxidation sites excluding steroid dienone is 3. The van der Waals surface area contributed by atoms with E-state index in [2.05, 4.69) is 6.58 Å². The average Bonchev–Trinajstić information content (AvgIpc) is 2.03. The normalized spacial score (nSPS) is 31.5. The maximum absolute atomic E-state index is 7.24. The average molecular weight is 139 g/mol. The molecule has 0 bridgehead atoms. The lowest BCUT2D eigenvalue weighted by atomic mass is 9.86. The maximum atomic E-state index is 7.24. The number of hydrogen-bond acceptors (Lipinski definition) is 0. The lowest BCUT2D eigenvalue weighted by Crippen LogP contribution is -2.04. The van der Waals surface area contributed by atoms with Crippen LogP contribution in [-0.4, -0.2) is 0 Å². The Balaban J connectivity index is 2.63. The van der Waals surface area contributed by atoms with E-state index in [9.17, 15) is 0 Å². The minimum Gasteiger partial charge on any atom is -0.0998 e. The van der Waals surface area contributed by atoms with Gasteiger partial charge in [0.15, 0.2) is 0 Å². The number of rotatable bonds is 1. The molecule has 0 aromatic rings. The van der Waals surface area contributed by atoms with Crippen LogP contribution in [0.4, 0.5) is 0 Å². The first kappa shape index (κ1) is 4.38. The van der Waals surface area contributed by atoms with Gasteiger partial charge in [-0.15, -0.1) is 0 Å². The molecule has 0 heterocycles. The van der Waals surface area contributed by atoms with E-state index >= 15 is 0 Å². The molecule has 0 saturated carbocycles. The third-order valence-electron chi connectivity index (χ3n) is 2.11. The summed E-state index contributed by atoms with van der Waals surface area (Å²) in [6, 6.07) is 0. The summed E-state index contributed by atoms with van der Waals surface area (Å²) >= 11 is 0. The highest BCUT2D eigenvalue weighted by Gasteiger charge is 2.11. The van der Waals surface area contributed by atoms with Crippen molar-refractivity contribution in [2.45, 2.75) is 33.0 Å². The molecule has 56 valence electrons. The summed E-state index contributed by atoms with van der Waals surface area (Å²) < 4.78 is 21.7. The second-order valence-corrected chi connectivity index (χ2v) is 3.05. The van der Waals surface area contributed by atoms with Gasteiger partial charge in [0.1, 0.15) is 0 Å². The lowest BCUT2D eigenvalue weighted by molar-refractivity contribution is 0.540. The van der Waals surface area contributed by atoms with E-state index in [1.165, 1.54) is 5.57 Å². The summed E-state index contributed by atoms with van der Waals surface area (Å²) in [6.45, 7) is 4.03. The van der Waals surface area contributed by atoms with Crippen molar-refractivity contribution in [1.29, 1.82) is 0 Å². The quantitative estimate of drug-likeness (QED) is 0.489. The van der Waals surface area contributed by atoms with E-state index in [1.807, 2.05) is 13.0 Å². The molecule has 10 heavy (non-hydrogen) atoms. The molecule has 1 aliphatic carbocycles. The van der Waals surface area contributed by atoms with E-state index in [0.717, 1.165) is 12.8 Å². The third kappa shape index (κ3) is 1.73. The smallest absolute Gasteiger partial charge is 0.0276 e. The van der Waals surface area contributed by atoms with Crippen LogP contribution in [0.15, 0.2) is 23.8 Å². The van der Waals surface area contributed by atoms with Gasteiger partial charge < -0.3 is 0 Å². The van der Waals surface area contributed by atoms with Crippen molar-refractivity contribution >= 4 is 0 Å². The molecule has 0 spiro atoms. The van der Waals surface area contributed by atoms with Crippen LogP contribution in [0.5, 0.6) is 0 Å². The second-order valence-electron chi connectivity index (χ2n) is 3.05. The molecule has 1 aliphatic rings.